The molecular formula is C12H20N4O. The summed E-state index contributed by atoms with van der Waals surface area (Å²) in [7, 11) is 1.75. The van der Waals surface area contributed by atoms with Crippen molar-refractivity contribution in [3.63, 3.8) is 0 Å². The van der Waals surface area contributed by atoms with Gasteiger partial charge in [-0.2, -0.15) is 0 Å². The maximum atomic E-state index is 5.31. The second-order valence-electron chi connectivity index (χ2n) is 4.64. The van der Waals surface area contributed by atoms with Gasteiger partial charge in [-0.1, -0.05) is 0 Å². The molecule has 2 rings (SSSR count). The molecule has 1 aliphatic rings. The number of methoxy groups -OCH3 is 1. The van der Waals surface area contributed by atoms with Crippen molar-refractivity contribution >= 4 is 5.82 Å². The monoisotopic (exact) mass is 236 g/mol. The Balaban J connectivity index is 1.95. The van der Waals surface area contributed by atoms with Crippen LogP contribution in [-0.4, -0.2) is 42.3 Å². The van der Waals surface area contributed by atoms with Gasteiger partial charge in [-0.3, -0.25) is 0 Å². The Morgan fingerprint density at radius 1 is 1.53 bits per heavy atom. The third-order valence-electron chi connectivity index (χ3n) is 3.16. The molecule has 2 heterocycles. The van der Waals surface area contributed by atoms with Crippen LogP contribution in [0, 0.1) is 6.92 Å². The van der Waals surface area contributed by atoms with Crippen molar-refractivity contribution < 1.29 is 4.74 Å². The Kier molecular flexibility index (Phi) is 3.91. The summed E-state index contributed by atoms with van der Waals surface area (Å²) >= 11 is 0. The van der Waals surface area contributed by atoms with Crippen LogP contribution in [0.5, 0.6) is 0 Å². The van der Waals surface area contributed by atoms with Gasteiger partial charge in [0, 0.05) is 25.4 Å². The van der Waals surface area contributed by atoms with Gasteiger partial charge in [-0.15, -0.1) is 0 Å². The van der Waals surface area contributed by atoms with Crippen molar-refractivity contribution in [2.45, 2.75) is 25.3 Å². The van der Waals surface area contributed by atoms with Crippen LogP contribution in [0.25, 0.3) is 0 Å². The van der Waals surface area contributed by atoms with E-state index in [4.69, 9.17) is 4.74 Å². The molecule has 0 spiro atoms. The summed E-state index contributed by atoms with van der Waals surface area (Å²) in [5.74, 6) is 0.877. The van der Waals surface area contributed by atoms with Crippen LogP contribution in [0.4, 0.5) is 5.82 Å². The molecule has 1 aliphatic heterocycles. The number of nitrogens with zero attached hydrogens (tertiary/aromatic N) is 2. The van der Waals surface area contributed by atoms with E-state index in [0.29, 0.717) is 0 Å². The molecule has 2 N–H and O–H groups in total. The molecule has 5 nitrogen and oxygen atoms in total. The molecule has 0 aliphatic carbocycles. The molecule has 1 aromatic rings. The summed E-state index contributed by atoms with van der Waals surface area (Å²) in [6.07, 6.45) is 3.93. The van der Waals surface area contributed by atoms with Gasteiger partial charge in [-0.05, 0) is 26.3 Å². The third-order valence-corrected chi connectivity index (χ3v) is 3.16. The van der Waals surface area contributed by atoms with Crippen molar-refractivity contribution in [2.75, 3.05) is 32.1 Å². The molecule has 0 bridgehead atoms. The number of aromatic nitrogens is 2. The predicted octanol–water partition coefficient (Wildman–Crippen LogP) is 0.966. The van der Waals surface area contributed by atoms with Crippen LogP contribution in [0.3, 0.4) is 0 Å². The molecule has 1 saturated heterocycles. The number of ether oxygens (including phenoxy) is 1. The van der Waals surface area contributed by atoms with E-state index in [-0.39, 0.29) is 5.54 Å². The van der Waals surface area contributed by atoms with E-state index in [1.807, 2.05) is 13.0 Å². The first kappa shape index (κ1) is 12.3. The molecule has 0 aromatic carbocycles. The zero-order valence-corrected chi connectivity index (χ0v) is 10.5. The number of nitrogens with one attached hydrogen (secondary N) is 2. The smallest absolute Gasteiger partial charge is 0.129 e. The van der Waals surface area contributed by atoms with Gasteiger partial charge in [0.2, 0.25) is 0 Å². The van der Waals surface area contributed by atoms with Crippen LogP contribution in [0.15, 0.2) is 12.4 Å². The van der Waals surface area contributed by atoms with Gasteiger partial charge in [0.25, 0.3) is 0 Å². The lowest BCUT2D eigenvalue weighted by Crippen LogP contribution is -2.49. The lowest BCUT2D eigenvalue weighted by atomic mass is 9.99. The molecule has 0 saturated carbocycles. The molecule has 1 fully saturated rings. The van der Waals surface area contributed by atoms with E-state index in [1.165, 1.54) is 6.42 Å². The van der Waals surface area contributed by atoms with Crippen LogP contribution in [0.1, 0.15) is 18.5 Å². The second-order valence-corrected chi connectivity index (χ2v) is 4.64. The Morgan fingerprint density at radius 3 is 3.06 bits per heavy atom. The summed E-state index contributed by atoms with van der Waals surface area (Å²) in [5, 5.41) is 6.88. The first-order chi connectivity index (χ1) is 8.24. The Morgan fingerprint density at radius 2 is 2.41 bits per heavy atom. The van der Waals surface area contributed by atoms with E-state index in [2.05, 4.69) is 20.6 Å². The van der Waals surface area contributed by atoms with E-state index in [9.17, 15) is 0 Å². The number of anilines is 1. The summed E-state index contributed by atoms with van der Waals surface area (Å²) in [5.41, 5.74) is 1.02. The summed E-state index contributed by atoms with van der Waals surface area (Å²) in [6.45, 7) is 4.58. The van der Waals surface area contributed by atoms with Crippen LogP contribution in [-0.2, 0) is 4.74 Å². The molecule has 5 heteroatoms. The second kappa shape index (κ2) is 5.42. The normalized spacial score (nSPS) is 23.9. The van der Waals surface area contributed by atoms with E-state index in [0.717, 1.165) is 37.6 Å². The van der Waals surface area contributed by atoms with E-state index >= 15 is 0 Å². The van der Waals surface area contributed by atoms with E-state index in [1.54, 1.807) is 13.4 Å². The Bertz CT molecular complexity index is 363. The number of rotatable bonds is 5. The highest BCUT2D eigenvalue weighted by Crippen LogP contribution is 2.20. The molecule has 1 aromatic heterocycles. The SMILES string of the molecule is COCC1(CNc2cc(C)ncn2)CCCN1. The highest BCUT2D eigenvalue weighted by molar-refractivity contribution is 5.35. The lowest BCUT2D eigenvalue weighted by molar-refractivity contribution is 0.127. The Hall–Kier alpha value is -1.20. The fourth-order valence-electron chi connectivity index (χ4n) is 2.28. The Labute approximate surface area is 102 Å². The third kappa shape index (κ3) is 3.14. The average Bonchev–Trinajstić information content (AvgIpc) is 2.76. The van der Waals surface area contributed by atoms with Gasteiger partial charge in [0.05, 0.1) is 12.1 Å². The fourth-order valence-corrected chi connectivity index (χ4v) is 2.28. The first-order valence-electron chi connectivity index (χ1n) is 6.01. The van der Waals surface area contributed by atoms with Gasteiger partial charge in [0.15, 0.2) is 0 Å². The van der Waals surface area contributed by atoms with Gasteiger partial charge < -0.3 is 15.4 Å². The van der Waals surface area contributed by atoms with Crippen molar-refractivity contribution in [3.8, 4) is 0 Å². The zero-order valence-electron chi connectivity index (χ0n) is 10.5. The molecular weight excluding hydrogens is 216 g/mol. The van der Waals surface area contributed by atoms with Gasteiger partial charge in [0.1, 0.15) is 12.1 Å². The number of hydrogen-bond acceptors (Lipinski definition) is 5. The molecule has 1 unspecified atom stereocenters. The molecule has 17 heavy (non-hydrogen) atoms. The summed E-state index contributed by atoms with van der Waals surface area (Å²) in [6, 6.07) is 1.95. The molecule has 0 radical (unpaired) electrons. The van der Waals surface area contributed by atoms with Crippen molar-refractivity contribution in [2.24, 2.45) is 0 Å². The topological polar surface area (TPSA) is 59.1 Å². The summed E-state index contributed by atoms with van der Waals surface area (Å²) in [4.78, 5) is 8.28. The minimum atomic E-state index is 0.0492. The molecule has 94 valence electrons. The van der Waals surface area contributed by atoms with Gasteiger partial charge >= 0.3 is 0 Å². The number of aryl methyl sites for hydroxylation is 1. The lowest BCUT2D eigenvalue weighted by Gasteiger charge is -2.29. The van der Waals surface area contributed by atoms with E-state index < -0.39 is 0 Å². The minimum Gasteiger partial charge on any atom is -0.383 e. The van der Waals surface area contributed by atoms with Crippen molar-refractivity contribution in [1.29, 1.82) is 0 Å². The van der Waals surface area contributed by atoms with Crippen LogP contribution in [0.2, 0.25) is 0 Å². The largest absolute Gasteiger partial charge is 0.383 e. The molecule has 0 amide bonds. The predicted molar refractivity (Wildman–Crippen MR) is 67.1 cm³/mol. The van der Waals surface area contributed by atoms with Crippen molar-refractivity contribution in [3.05, 3.63) is 18.1 Å². The molecule has 1 atom stereocenters. The first-order valence-corrected chi connectivity index (χ1v) is 6.01. The maximum Gasteiger partial charge on any atom is 0.129 e. The highest BCUT2D eigenvalue weighted by atomic mass is 16.5. The highest BCUT2D eigenvalue weighted by Gasteiger charge is 2.33. The summed E-state index contributed by atoms with van der Waals surface area (Å²) < 4.78 is 5.31. The van der Waals surface area contributed by atoms with Crippen LogP contribution < -0.4 is 10.6 Å². The van der Waals surface area contributed by atoms with Crippen LogP contribution >= 0.6 is 0 Å². The fraction of sp³-hybridized carbons (Fsp3) is 0.667. The quantitative estimate of drug-likeness (QED) is 0.797. The zero-order chi connectivity index (χ0) is 12.1. The van der Waals surface area contributed by atoms with Gasteiger partial charge in [-0.25, -0.2) is 9.97 Å². The van der Waals surface area contributed by atoms with Crippen molar-refractivity contribution in [1.82, 2.24) is 15.3 Å². The number of hydrogen-bond donors (Lipinski definition) is 2. The average molecular weight is 236 g/mol. The minimum absolute atomic E-state index is 0.0492. The standard InChI is InChI=1S/C12H20N4O/c1-10-6-11(15-9-14-10)13-7-12(8-17-2)4-3-5-16-12/h6,9,16H,3-5,7-8H2,1-2H3,(H,13,14,15). The maximum absolute atomic E-state index is 5.31.